The zero-order valence-corrected chi connectivity index (χ0v) is 33.1. The molecule has 12 aromatic rings. The highest BCUT2D eigenvalue weighted by atomic mass is 32.1. The second-order valence-corrected chi connectivity index (χ2v) is 16.2. The van der Waals surface area contributed by atoms with Crippen molar-refractivity contribution in [2.45, 2.75) is 0 Å². The molecule has 12 rings (SSSR count). The molecular weight excluding hydrogens is 753 g/mol. The molecule has 0 saturated heterocycles. The average molecular weight is 787 g/mol. The first-order chi connectivity index (χ1) is 29.7. The molecule has 3 heterocycles. The molecule has 0 saturated carbocycles. The summed E-state index contributed by atoms with van der Waals surface area (Å²) in [6, 6.07) is 72.7. The Labute approximate surface area is 349 Å². The topological polar surface area (TPSA) is 42.4 Å². The van der Waals surface area contributed by atoms with Crippen LogP contribution in [-0.4, -0.2) is 4.98 Å². The Morgan fingerprint density at radius 1 is 0.383 bits per heavy atom. The molecule has 0 aliphatic heterocycles. The zero-order chi connectivity index (χ0) is 39.6. The molecule has 0 amide bonds. The molecule has 0 bridgehead atoms. The molecule has 60 heavy (non-hydrogen) atoms. The fourth-order valence-electron chi connectivity index (χ4n) is 8.67. The van der Waals surface area contributed by atoms with Gasteiger partial charge in [-0.1, -0.05) is 133 Å². The molecule has 0 fully saturated rings. The maximum absolute atomic E-state index is 6.62. The van der Waals surface area contributed by atoms with Gasteiger partial charge in [0.05, 0.1) is 5.39 Å². The number of thiophene rings is 1. The predicted molar refractivity (Wildman–Crippen MR) is 251 cm³/mol. The van der Waals surface area contributed by atoms with E-state index in [2.05, 4.69) is 163 Å². The summed E-state index contributed by atoms with van der Waals surface area (Å²) in [7, 11) is 0. The third kappa shape index (κ3) is 5.70. The first-order valence-corrected chi connectivity index (χ1v) is 20.9. The summed E-state index contributed by atoms with van der Waals surface area (Å²) >= 11 is 1.85. The molecule has 4 nitrogen and oxygen atoms in total. The number of rotatable bonds is 7. The van der Waals surface area contributed by atoms with Crippen molar-refractivity contribution in [1.29, 1.82) is 0 Å². The van der Waals surface area contributed by atoms with Gasteiger partial charge >= 0.3 is 0 Å². The zero-order valence-electron chi connectivity index (χ0n) is 32.2. The minimum Gasteiger partial charge on any atom is -0.456 e. The van der Waals surface area contributed by atoms with E-state index in [1.54, 1.807) is 0 Å². The lowest BCUT2D eigenvalue weighted by Crippen LogP contribution is -2.09. The molecule has 0 spiro atoms. The maximum atomic E-state index is 6.62. The minimum atomic E-state index is 0.582. The Kier molecular flexibility index (Phi) is 8.00. The number of oxazole rings is 1. The van der Waals surface area contributed by atoms with Crippen LogP contribution in [0.5, 0.6) is 0 Å². The van der Waals surface area contributed by atoms with Gasteiger partial charge in [-0.15, -0.1) is 11.3 Å². The van der Waals surface area contributed by atoms with Crippen molar-refractivity contribution in [2.24, 2.45) is 0 Å². The van der Waals surface area contributed by atoms with Crippen molar-refractivity contribution >= 4 is 81.6 Å². The van der Waals surface area contributed by atoms with Crippen LogP contribution < -0.4 is 4.90 Å². The minimum absolute atomic E-state index is 0.582. The SMILES string of the molecule is c1ccc(-c2ccc(N(c3ccc(-c4cc5oc6ccccc6c5c5oc(-c6ccccc6)nc45)cc3)c3ccc(-c4cccc5sc6ccccc6c45)cc3)cc2)cc1. The van der Waals surface area contributed by atoms with Gasteiger partial charge in [0.2, 0.25) is 5.89 Å². The van der Waals surface area contributed by atoms with Gasteiger partial charge in [0.1, 0.15) is 16.7 Å². The van der Waals surface area contributed by atoms with Gasteiger partial charge in [-0.05, 0) is 101 Å². The average Bonchev–Trinajstić information content (AvgIpc) is 4.04. The Morgan fingerprint density at radius 2 is 0.933 bits per heavy atom. The Bertz CT molecular complexity index is 3510. The summed E-state index contributed by atoms with van der Waals surface area (Å²) in [5.41, 5.74) is 14.0. The molecular formula is C55H34N2O2S. The molecule has 0 aliphatic rings. The van der Waals surface area contributed by atoms with E-state index in [4.69, 9.17) is 13.8 Å². The van der Waals surface area contributed by atoms with Gasteiger partial charge in [-0.25, -0.2) is 4.98 Å². The number of furan rings is 1. The summed E-state index contributed by atoms with van der Waals surface area (Å²) in [6.45, 7) is 0. The van der Waals surface area contributed by atoms with Gasteiger partial charge in [0.15, 0.2) is 5.58 Å². The Hall–Kier alpha value is -7.73. The number of benzene rings is 9. The van der Waals surface area contributed by atoms with Crippen LogP contribution in [0, 0.1) is 0 Å². The van der Waals surface area contributed by atoms with Crippen LogP contribution in [0.1, 0.15) is 0 Å². The second kappa shape index (κ2) is 14.0. The van der Waals surface area contributed by atoms with Crippen molar-refractivity contribution in [3.05, 3.63) is 206 Å². The van der Waals surface area contributed by atoms with E-state index in [0.717, 1.165) is 66.8 Å². The molecule has 0 unspecified atom stereocenters. The largest absolute Gasteiger partial charge is 0.456 e. The van der Waals surface area contributed by atoms with Gasteiger partial charge in [-0.2, -0.15) is 0 Å². The van der Waals surface area contributed by atoms with Crippen molar-refractivity contribution in [1.82, 2.24) is 4.98 Å². The summed E-state index contributed by atoms with van der Waals surface area (Å²) in [4.78, 5) is 7.45. The van der Waals surface area contributed by atoms with E-state index in [1.165, 1.54) is 42.4 Å². The second-order valence-electron chi connectivity index (χ2n) is 15.1. The van der Waals surface area contributed by atoms with Crippen LogP contribution in [0.25, 0.3) is 98.0 Å². The highest BCUT2D eigenvalue weighted by Crippen LogP contribution is 2.44. The lowest BCUT2D eigenvalue weighted by Gasteiger charge is -2.26. The maximum Gasteiger partial charge on any atom is 0.227 e. The third-order valence-electron chi connectivity index (χ3n) is 11.5. The van der Waals surface area contributed by atoms with E-state index < -0.39 is 0 Å². The highest BCUT2D eigenvalue weighted by molar-refractivity contribution is 7.25. The fourth-order valence-corrected chi connectivity index (χ4v) is 9.80. The van der Waals surface area contributed by atoms with Gasteiger partial charge in [-0.3, -0.25) is 0 Å². The quantitative estimate of drug-likeness (QED) is 0.161. The van der Waals surface area contributed by atoms with Crippen LogP contribution in [-0.2, 0) is 0 Å². The summed E-state index contributed by atoms with van der Waals surface area (Å²) in [5, 5.41) is 4.56. The molecule has 9 aromatic carbocycles. The lowest BCUT2D eigenvalue weighted by molar-refractivity contribution is 0.622. The molecule has 0 atom stereocenters. The van der Waals surface area contributed by atoms with Crippen molar-refractivity contribution in [3.63, 3.8) is 0 Å². The number of aromatic nitrogens is 1. The van der Waals surface area contributed by atoms with E-state index in [-0.39, 0.29) is 0 Å². The van der Waals surface area contributed by atoms with Gasteiger partial charge in [0, 0.05) is 53.7 Å². The normalized spacial score (nSPS) is 11.7. The number of para-hydroxylation sites is 1. The Balaban J connectivity index is 0.977. The van der Waals surface area contributed by atoms with E-state index in [1.807, 2.05) is 59.9 Å². The van der Waals surface area contributed by atoms with E-state index >= 15 is 0 Å². The monoisotopic (exact) mass is 786 g/mol. The first-order valence-electron chi connectivity index (χ1n) is 20.1. The smallest absolute Gasteiger partial charge is 0.227 e. The van der Waals surface area contributed by atoms with Gasteiger partial charge in [0.25, 0.3) is 0 Å². The van der Waals surface area contributed by atoms with Gasteiger partial charge < -0.3 is 13.7 Å². The summed E-state index contributed by atoms with van der Waals surface area (Å²) in [5.74, 6) is 0.582. The number of hydrogen-bond acceptors (Lipinski definition) is 5. The third-order valence-corrected chi connectivity index (χ3v) is 12.7. The number of nitrogens with zero attached hydrogens (tertiary/aromatic N) is 2. The molecule has 0 aliphatic carbocycles. The van der Waals surface area contributed by atoms with Crippen LogP contribution in [0.3, 0.4) is 0 Å². The standard InChI is InChI=1S/C55H34N2O2S/c1-3-12-35(13-4-1)36-22-28-40(29-23-36)57(41-30-24-37(25-31-41)43-18-11-21-50-51(43)45-17-8-10-20-49(45)60-50)42-32-26-38(27-33-42)46-34-48-52(44-16-7-9-19-47(44)58-48)54-53(46)56-55(59-54)39-14-5-2-6-15-39/h1-34H. The number of hydrogen-bond donors (Lipinski definition) is 0. The van der Waals surface area contributed by atoms with Crippen molar-refractivity contribution in [2.75, 3.05) is 4.90 Å². The summed E-state index contributed by atoms with van der Waals surface area (Å²) in [6.07, 6.45) is 0. The van der Waals surface area contributed by atoms with Crippen LogP contribution in [0.2, 0.25) is 0 Å². The molecule has 282 valence electrons. The predicted octanol–water partition coefficient (Wildman–Crippen LogP) is 16.2. The fraction of sp³-hybridized carbons (Fsp3) is 0. The molecule has 5 heteroatoms. The Morgan fingerprint density at radius 3 is 1.63 bits per heavy atom. The van der Waals surface area contributed by atoms with E-state index in [9.17, 15) is 0 Å². The molecule has 0 radical (unpaired) electrons. The van der Waals surface area contributed by atoms with Crippen molar-refractivity contribution in [3.8, 4) is 44.8 Å². The van der Waals surface area contributed by atoms with E-state index in [0.29, 0.717) is 5.89 Å². The van der Waals surface area contributed by atoms with Crippen LogP contribution in [0.15, 0.2) is 215 Å². The highest BCUT2D eigenvalue weighted by Gasteiger charge is 2.22. The lowest BCUT2D eigenvalue weighted by atomic mass is 9.98. The number of anilines is 3. The molecule has 0 N–H and O–H groups in total. The van der Waals surface area contributed by atoms with Crippen molar-refractivity contribution < 1.29 is 8.83 Å². The summed E-state index contributed by atoms with van der Waals surface area (Å²) < 4.78 is 15.7. The number of fused-ring (bicyclic) bond motifs is 8. The van der Waals surface area contributed by atoms with Crippen LogP contribution in [0.4, 0.5) is 17.1 Å². The molecule has 3 aromatic heterocycles. The van der Waals surface area contributed by atoms with Crippen LogP contribution >= 0.6 is 11.3 Å². The first kappa shape index (κ1) is 34.3.